The number of thioether (sulfide) groups is 1. The summed E-state index contributed by atoms with van der Waals surface area (Å²) in [5.41, 5.74) is 0. The van der Waals surface area contributed by atoms with Gasteiger partial charge in [0, 0.05) is 5.75 Å². The second-order valence-corrected chi connectivity index (χ2v) is 2.24. The lowest BCUT2D eigenvalue weighted by Gasteiger charge is -1.94. The molecule has 0 heterocycles. The van der Waals surface area contributed by atoms with Crippen molar-refractivity contribution < 1.29 is 4.74 Å². The van der Waals surface area contributed by atoms with Gasteiger partial charge in [0.2, 0.25) is 0 Å². The van der Waals surface area contributed by atoms with Crippen molar-refractivity contribution >= 4 is 11.8 Å². The number of hydrogen-bond donors (Lipinski definition) is 0. The van der Waals surface area contributed by atoms with E-state index in [2.05, 4.69) is 5.92 Å². The lowest BCUT2D eigenvalue weighted by Crippen LogP contribution is -1.95. The summed E-state index contributed by atoms with van der Waals surface area (Å²) in [4.78, 5) is 0. The number of terminal acetylenes is 1. The van der Waals surface area contributed by atoms with Crippen molar-refractivity contribution in [3.05, 3.63) is 0 Å². The fourth-order valence-corrected chi connectivity index (χ4v) is 0.558. The van der Waals surface area contributed by atoms with Crippen LogP contribution in [0.25, 0.3) is 0 Å². The summed E-state index contributed by atoms with van der Waals surface area (Å²) in [5, 5.41) is 0. The minimum absolute atomic E-state index is 0.445. The van der Waals surface area contributed by atoms with Gasteiger partial charge in [0.15, 0.2) is 0 Å². The van der Waals surface area contributed by atoms with Crippen molar-refractivity contribution in [2.45, 2.75) is 0 Å². The van der Waals surface area contributed by atoms with E-state index in [1.807, 2.05) is 6.26 Å². The molecule has 0 saturated heterocycles. The summed E-state index contributed by atoms with van der Waals surface area (Å²) in [6.45, 7) is 1.21. The van der Waals surface area contributed by atoms with Crippen LogP contribution in [0.3, 0.4) is 0 Å². The van der Waals surface area contributed by atoms with Gasteiger partial charge in [-0.2, -0.15) is 11.8 Å². The second kappa shape index (κ2) is 6.87. The van der Waals surface area contributed by atoms with Gasteiger partial charge in [-0.15, -0.1) is 6.42 Å². The summed E-state index contributed by atoms with van der Waals surface area (Å²) < 4.78 is 4.97. The quantitative estimate of drug-likeness (QED) is 0.415. The summed E-state index contributed by atoms with van der Waals surface area (Å²) in [5.74, 6) is 3.42. The molecule has 1 nitrogen and oxygen atoms in total. The molecule has 0 rings (SSSR count). The van der Waals surface area contributed by atoms with Gasteiger partial charge in [0.05, 0.1) is 6.61 Å². The molecule has 2 heteroatoms. The number of hydrogen-bond acceptors (Lipinski definition) is 2. The van der Waals surface area contributed by atoms with E-state index in [1.54, 1.807) is 11.8 Å². The van der Waals surface area contributed by atoms with Crippen molar-refractivity contribution in [3.63, 3.8) is 0 Å². The third-order valence-corrected chi connectivity index (χ3v) is 1.19. The summed E-state index contributed by atoms with van der Waals surface area (Å²) >= 11 is 1.76. The van der Waals surface area contributed by atoms with E-state index in [9.17, 15) is 0 Å². The smallest absolute Gasteiger partial charge is 0.107 e. The van der Waals surface area contributed by atoms with Gasteiger partial charge in [0.25, 0.3) is 0 Å². The molecule has 0 bridgehead atoms. The first-order chi connectivity index (χ1) is 3.91. The molecule has 46 valence electrons. The van der Waals surface area contributed by atoms with Crippen LogP contribution in [0.2, 0.25) is 0 Å². The molecule has 0 aromatic rings. The summed E-state index contributed by atoms with van der Waals surface area (Å²) in [6, 6.07) is 0. The Bertz CT molecular complexity index is 75.1. The monoisotopic (exact) mass is 130 g/mol. The van der Waals surface area contributed by atoms with Crippen molar-refractivity contribution in [3.8, 4) is 12.3 Å². The fraction of sp³-hybridized carbons (Fsp3) is 0.667. The third kappa shape index (κ3) is 5.87. The molecule has 0 atom stereocenters. The van der Waals surface area contributed by atoms with Gasteiger partial charge in [-0.05, 0) is 6.26 Å². The lowest BCUT2D eigenvalue weighted by molar-refractivity contribution is 0.185. The Balaban J connectivity index is 2.65. The number of ether oxygens (including phenoxy) is 1. The highest BCUT2D eigenvalue weighted by Crippen LogP contribution is 1.89. The molecule has 0 aliphatic rings. The van der Waals surface area contributed by atoms with Crippen LogP contribution in [-0.2, 0) is 4.74 Å². The number of rotatable bonds is 4. The standard InChI is InChI=1S/C6H10OS/c1-3-4-7-5-6-8-2/h1H,4-6H2,2H3. The van der Waals surface area contributed by atoms with Crippen LogP contribution < -0.4 is 0 Å². The van der Waals surface area contributed by atoms with E-state index >= 15 is 0 Å². The first-order valence-electron chi connectivity index (χ1n) is 2.42. The third-order valence-electron chi connectivity index (χ3n) is 0.617. The molecule has 0 unspecified atom stereocenters. The van der Waals surface area contributed by atoms with Gasteiger partial charge in [-0.1, -0.05) is 5.92 Å². The Labute approximate surface area is 54.8 Å². The Morgan fingerprint density at radius 2 is 2.50 bits per heavy atom. The van der Waals surface area contributed by atoms with Crippen LogP contribution in [0.15, 0.2) is 0 Å². The topological polar surface area (TPSA) is 9.23 Å². The molecule has 0 amide bonds. The van der Waals surface area contributed by atoms with Crippen molar-refractivity contribution in [1.82, 2.24) is 0 Å². The Kier molecular flexibility index (Phi) is 6.76. The predicted octanol–water partition coefficient (Wildman–Crippen LogP) is 0.999. The second-order valence-electron chi connectivity index (χ2n) is 1.25. The van der Waals surface area contributed by atoms with Gasteiger partial charge in [0.1, 0.15) is 6.61 Å². The molecule has 0 aromatic heterocycles. The van der Waals surface area contributed by atoms with Gasteiger partial charge < -0.3 is 4.74 Å². The molecule has 0 aliphatic heterocycles. The maximum absolute atomic E-state index is 4.97. The summed E-state index contributed by atoms with van der Waals surface area (Å²) in [7, 11) is 0. The van der Waals surface area contributed by atoms with Crippen molar-refractivity contribution in [2.24, 2.45) is 0 Å². The zero-order valence-corrected chi connectivity index (χ0v) is 5.83. The van der Waals surface area contributed by atoms with Crippen LogP contribution in [0, 0.1) is 12.3 Å². The Morgan fingerprint density at radius 3 is 3.00 bits per heavy atom. The SMILES string of the molecule is C#CCOCCSC. The van der Waals surface area contributed by atoms with E-state index in [-0.39, 0.29) is 0 Å². The van der Waals surface area contributed by atoms with E-state index in [0.717, 1.165) is 12.4 Å². The zero-order chi connectivity index (χ0) is 6.24. The highest BCUT2D eigenvalue weighted by atomic mass is 32.2. The highest BCUT2D eigenvalue weighted by molar-refractivity contribution is 7.98. The van der Waals surface area contributed by atoms with Crippen molar-refractivity contribution in [1.29, 1.82) is 0 Å². The van der Waals surface area contributed by atoms with Crippen molar-refractivity contribution in [2.75, 3.05) is 25.2 Å². The fourth-order valence-electron chi connectivity index (χ4n) is 0.273. The van der Waals surface area contributed by atoms with Crippen LogP contribution >= 0.6 is 11.8 Å². The van der Waals surface area contributed by atoms with E-state index < -0.39 is 0 Å². The first kappa shape index (κ1) is 7.87. The maximum Gasteiger partial charge on any atom is 0.107 e. The first-order valence-corrected chi connectivity index (χ1v) is 3.81. The van der Waals surface area contributed by atoms with Gasteiger partial charge in [-0.25, -0.2) is 0 Å². The van der Waals surface area contributed by atoms with Crippen LogP contribution in [-0.4, -0.2) is 25.2 Å². The molecule has 0 aliphatic carbocycles. The van der Waals surface area contributed by atoms with E-state index in [4.69, 9.17) is 11.2 Å². The van der Waals surface area contributed by atoms with Gasteiger partial charge >= 0.3 is 0 Å². The summed E-state index contributed by atoms with van der Waals surface area (Å²) in [6.07, 6.45) is 6.97. The normalized spacial score (nSPS) is 8.50. The Morgan fingerprint density at radius 1 is 1.75 bits per heavy atom. The minimum Gasteiger partial charge on any atom is -0.368 e. The molecular formula is C6H10OS. The largest absolute Gasteiger partial charge is 0.368 e. The van der Waals surface area contributed by atoms with E-state index in [1.165, 1.54) is 0 Å². The molecule has 0 aromatic carbocycles. The predicted molar refractivity (Wildman–Crippen MR) is 38.0 cm³/mol. The van der Waals surface area contributed by atoms with Crippen LogP contribution in [0.5, 0.6) is 0 Å². The lowest BCUT2D eigenvalue weighted by atomic mass is 10.7. The van der Waals surface area contributed by atoms with Crippen LogP contribution in [0.4, 0.5) is 0 Å². The molecule has 8 heavy (non-hydrogen) atoms. The maximum atomic E-state index is 4.97. The molecule has 0 saturated carbocycles. The van der Waals surface area contributed by atoms with E-state index in [0.29, 0.717) is 6.61 Å². The molecule has 0 fully saturated rings. The minimum atomic E-state index is 0.445. The van der Waals surface area contributed by atoms with Crippen LogP contribution in [0.1, 0.15) is 0 Å². The molecular weight excluding hydrogens is 120 g/mol. The zero-order valence-electron chi connectivity index (χ0n) is 5.02. The van der Waals surface area contributed by atoms with Gasteiger partial charge in [-0.3, -0.25) is 0 Å². The average Bonchev–Trinajstić information content (AvgIpc) is 1.81. The molecule has 0 N–H and O–H groups in total. The average molecular weight is 130 g/mol. The molecule has 0 radical (unpaired) electrons. The Hall–Kier alpha value is -0.130. The molecule has 0 spiro atoms. The highest BCUT2D eigenvalue weighted by Gasteiger charge is 1.80.